The fraction of sp³-hybridized carbons (Fsp3) is 0.818. The summed E-state index contributed by atoms with van der Waals surface area (Å²) in [5.74, 6) is 0.448. The van der Waals surface area contributed by atoms with Crippen molar-refractivity contribution in [1.29, 1.82) is 0 Å². The van der Waals surface area contributed by atoms with E-state index in [0.29, 0.717) is 12.8 Å². The molecule has 1 aliphatic rings. The van der Waals surface area contributed by atoms with E-state index in [9.17, 15) is 9.59 Å². The molecule has 1 fully saturated rings. The van der Waals surface area contributed by atoms with Gasteiger partial charge in [-0.25, -0.2) is 4.79 Å². The van der Waals surface area contributed by atoms with E-state index in [1.54, 1.807) is 0 Å². The van der Waals surface area contributed by atoms with Gasteiger partial charge in [0.1, 0.15) is 0 Å². The molecule has 0 atom stereocenters. The van der Waals surface area contributed by atoms with Gasteiger partial charge in [-0.05, 0) is 18.8 Å². The summed E-state index contributed by atoms with van der Waals surface area (Å²) in [7, 11) is 0. The van der Waals surface area contributed by atoms with Gasteiger partial charge in [0.2, 0.25) is 6.41 Å². The van der Waals surface area contributed by atoms with Crippen molar-refractivity contribution >= 4 is 12.4 Å². The van der Waals surface area contributed by atoms with E-state index in [0.717, 1.165) is 18.8 Å². The maximum atomic E-state index is 11.0. The molecule has 0 aromatic heterocycles. The van der Waals surface area contributed by atoms with Crippen molar-refractivity contribution in [3.8, 4) is 0 Å². The second kappa shape index (κ2) is 7.26. The van der Waals surface area contributed by atoms with E-state index in [4.69, 9.17) is 0 Å². The van der Waals surface area contributed by atoms with E-state index in [-0.39, 0.29) is 5.97 Å². The van der Waals surface area contributed by atoms with Crippen molar-refractivity contribution in [3.63, 3.8) is 0 Å². The zero-order chi connectivity index (χ0) is 10.9. The molecule has 1 rings (SSSR count). The normalized spacial score (nSPS) is 17.1. The van der Waals surface area contributed by atoms with Crippen LogP contribution in [-0.2, 0) is 14.4 Å². The average Bonchev–Trinajstić information content (AvgIpc) is 2.28. The molecule has 1 aliphatic carbocycles. The van der Waals surface area contributed by atoms with Crippen LogP contribution in [0.1, 0.15) is 51.4 Å². The van der Waals surface area contributed by atoms with Crippen LogP contribution in [0, 0.1) is 5.92 Å². The standard InChI is InChI=1S/C11H19NO3/c13-9-12-15-11(14)8-4-7-10-5-2-1-3-6-10/h9-10H,1-8H2,(H,12,13). The lowest BCUT2D eigenvalue weighted by Crippen LogP contribution is -2.18. The molecule has 1 amide bonds. The van der Waals surface area contributed by atoms with Crippen molar-refractivity contribution in [2.24, 2.45) is 5.92 Å². The predicted octanol–water partition coefficient (Wildman–Crippen LogP) is 1.94. The predicted molar refractivity (Wildman–Crippen MR) is 55.7 cm³/mol. The molecule has 15 heavy (non-hydrogen) atoms. The monoisotopic (exact) mass is 213 g/mol. The van der Waals surface area contributed by atoms with Gasteiger partial charge in [-0.15, -0.1) is 0 Å². The summed E-state index contributed by atoms with van der Waals surface area (Å²) in [4.78, 5) is 25.3. The SMILES string of the molecule is O=CNOC(=O)CCCC1CCCCC1. The molecule has 1 N–H and O–H groups in total. The Morgan fingerprint density at radius 3 is 2.73 bits per heavy atom. The highest BCUT2D eigenvalue weighted by molar-refractivity contribution is 5.70. The first-order valence-electron chi connectivity index (χ1n) is 5.72. The highest BCUT2D eigenvalue weighted by atomic mass is 16.7. The highest BCUT2D eigenvalue weighted by Crippen LogP contribution is 2.27. The Bertz CT molecular complexity index is 200. The molecule has 4 heteroatoms. The van der Waals surface area contributed by atoms with Crippen molar-refractivity contribution in [2.45, 2.75) is 51.4 Å². The minimum absolute atomic E-state index is 0.349. The van der Waals surface area contributed by atoms with Crippen LogP contribution >= 0.6 is 0 Å². The third-order valence-electron chi connectivity index (χ3n) is 2.94. The Labute approximate surface area is 90.3 Å². The number of carbonyl (C=O) groups excluding carboxylic acids is 2. The van der Waals surface area contributed by atoms with Gasteiger partial charge in [-0.3, -0.25) is 4.79 Å². The Hall–Kier alpha value is -1.06. The van der Waals surface area contributed by atoms with Gasteiger partial charge in [0.25, 0.3) is 0 Å². The van der Waals surface area contributed by atoms with Crippen LogP contribution in [0.2, 0.25) is 0 Å². The molecule has 0 aliphatic heterocycles. The molecule has 0 spiro atoms. The quantitative estimate of drug-likeness (QED) is 0.542. The number of hydroxylamine groups is 1. The Morgan fingerprint density at radius 1 is 1.33 bits per heavy atom. The molecule has 0 aromatic carbocycles. The second-order valence-electron chi connectivity index (χ2n) is 4.11. The molecule has 0 bridgehead atoms. The summed E-state index contributed by atoms with van der Waals surface area (Å²) in [6.07, 6.45) is 9.38. The Morgan fingerprint density at radius 2 is 2.07 bits per heavy atom. The van der Waals surface area contributed by atoms with Crippen LogP contribution in [0.4, 0.5) is 0 Å². The Kier molecular flexibility index (Phi) is 5.81. The number of carbonyl (C=O) groups is 2. The van der Waals surface area contributed by atoms with E-state index in [1.165, 1.54) is 32.1 Å². The number of hydrogen-bond acceptors (Lipinski definition) is 3. The summed E-state index contributed by atoms with van der Waals surface area (Å²) < 4.78 is 0. The lowest BCUT2D eigenvalue weighted by atomic mass is 9.86. The van der Waals surface area contributed by atoms with Crippen molar-refractivity contribution in [2.75, 3.05) is 0 Å². The van der Waals surface area contributed by atoms with Gasteiger partial charge in [0.15, 0.2) is 0 Å². The van der Waals surface area contributed by atoms with Crippen LogP contribution in [0.15, 0.2) is 0 Å². The second-order valence-corrected chi connectivity index (χ2v) is 4.11. The number of hydrogen-bond donors (Lipinski definition) is 1. The van der Waals surface area contributed by atoms with Crippen molar-refractivity contribution in [3.05, 3.63) is 0 Å². The van der Waals surface area contributed by atoms with Crippen LogP contribution in [0.5, 0.6) is 0 Å². The zero-order valence-electron chi connectivity index (χ0n) is 9.04. The van der Waals surface area contributed by atoms with Crippen LogP contribution < -0.4 is 5.48 Å². The van der Waals surface area contributed by atoms with Crippen molar-refractivity contribution in [1.82, 2.24) is 5.48 Å². The van der Waals surface area contributed by atoms with Crippen LogP contribution in [0.25, 0.3) is 0 Å². The van der Waals surface area contributed by atoms with Crippen LogP contribution in [-0.4, -0.2) is 12.4 Å². The van der Waals surface area contributed by atoms with Gasteiger partial charge in [-0.2, -0.15) is 5.48 Å². The topological polar surface area (TPSA) is 55.4 Å². The minimum Gasteiger partial charge on any atom is -0.341 e. The highest BCUT2D eigenvalue weighted by Gasteiger charge is 2.13. The fourth-order valence-corrected chi connectivity index (χ4v) is 2.15. The number of rotatable bonds is 6. The third kappa shape index (κ3) is 5.40. The van der Waals surface area contributed by atoms with Crippen molar-refractivity contribution < 1.29 is 14.4 Å². The molecule has 1 saturated carbocycles. The summed E-state index contributed by atoms with van der Waals surface area (Å²) >= 11 is 0. The fourth-order valence-electron chi connectivity index (χ4n) is 2.15. The minimum atomic E-state index is -0.349. The van der Waals surface area contributed by atoms with E-state index < -0.39 is 0 Å². The molecule has 4 nitrogen and oxygen atoms in total. The molecule has 0 saturated heterocycles. The van der Waals surface area contributed by atoms with Crippen LogP contribution in [0.3, 0.4) is 0 Å². The first-order chi connectivity index (χ1) is 7.33. The first kappa shape index (κ1) is 12.0. The van der Waals surface area contributed by atoms with Gasteiger partial charge in [0, 0.05) is 6.42 Å². The average molecular weight is 213 g/mol. The number of nitrogens with one attached hydrogen (secondary N) is 1. The van der Waals surface area contributed by atoms with E-state index >= 15 is 0 Å². The molecule has 0 heterocycles. The lowest BCUT2D eigenvalue weighted by molar-refractivity contribution is -0.154. The smallest absolute Gasteiger partial charge is 0.332 e. The third-order valence-corrected chi connectivity index (χ3v) is 2.94. The molecule has 0 radical (unpaired) electrons. The Balaban J connectivity index is 1.99. The zero-order valence-corrected chi connectivity index (χ0v) is 9.04. The van der Waals surface area contributed by atoms with Gasteiger partial charge in [0.05, 0.1) is 0 Å². The molecule has 0 aromatic rings. The van der Waals surface area contributed by atoms with Gasteiger partial charge < -0.3 is 4.84 Å². The van der Waals surface area contributed by atoms with E-state index in [1.807, 2.05) is 5.48 Å². The maximum absolute atomic E-state index is 11.0. The number of amides is 1. The summed E-state index contributed by atoms with van der Waals surface area (Å²) in [5.41, 5.74) is 1.91. The maximum Gasteiger partial charge on any atom is 0.332 e. The summed E-state index contributed by atoms with van der Waals surface area (Å²) in [6, 6.07) is 0. The largest absolute Gasteiger partial charge is 0.341 e. The molecule has 86 valence electrons. The summed E-state index contributed by atoms with van der Waals surface area (Å²) in [5, 5.41) is 0. The molecule has 0 unspecified atom stereocenters. The van der Waals surface area contributed by atoms with E-state index in [2.05, 4.69) is 4.84 Å². The van der Waals surface area contributed by atoms with Gasteiger partial charge >= 0.3 is 5.97 Å². The molecular formula is C11H19NO3. The summed E-state index contributed by atoms with van der Waals surface area (Å²) in [6.45, 7) is 0. The molecular weight excluding hydrogens is 194 g/mol. The first-order valence-corrected chi connectivity index (χ1v) is 5.72. The lowest BCUT2D eigenvalue weighted by Gasteiger charge is -2.20. The van der Waals surface area contributed by atoms with Gasteiger partial charge in [-0.1, -0.05) is 32.1 Å².